The molecule has 0 bridgehead atoms. The Morgan fingerprint density at radius 3 is 2.33 bits per heavy atom. The normalized spacial score (nSPS) is 10.7. The molecule has 0 spiro atoms. The summed E-state index contributed by atoms with van der Waals surface area (Å²) in [7, 11) is 0. The van der Waals surface area contributed by atoms with Crippen LogP contribution < -0.4 is 5.32 Å². The molecule has 21 heavy (non-hydrogen) atoms. The van der Waals surface area contributed by atoms with E-state index >= 15 is 0 Å². The fourth-order valence-electron chi connectivity index (χ4n) is 1.90. The molecule has 0 unspecified atom stereocenters. The van der Waals surface area contributed by atoms with E-state index in [1.54, 1.807) is 6.07 Å². The molecule has 6 heteroatoms. The average Bonchev–Trinajstić information content (AvgIpc) is 2.45. The van der Waals surface area contributed by atoms with Gasteiger partial charge in [-0.1, -0.05) is 37.0 Å². The summed E-state index contributed by atoms with van der Waals surface area (Å²) in [5.41, 5.74) is 1.86. The van der Waals surface area contributed by atoms with Gasteiger partial charge < -0.3 is 5.32 Å². The van der Waals surface area contributed by atoms with Crippen molar-refractivity contribution in [3.63, 3.8) is 0 Å². The molecule has 1 heterocycles. The Bertz CT molecular complexity index is 627. The van der Waals surface area contributed by atoms with Crippen molar-refractivity contribution in [3.8, 4) is 11.4 Å². The Balaban J connectivity index is 2.52. The van der Waals surface area contributed by atoms with Crippen molar-refractivity contribution in [2.45, 2.75) is 26.7 Å². The van der Waals surface area contributed by atoms with Crippen molar-refractivity contribution in [1.29, 1.82) is 0 Å². The highest BCUT2D eigenvalue weighted by atomic mass is 127. The largest absolute Gasteiger partial charge is 0.369 e. The van der Waals surface area contributed by atoms with Crippen molar-refractivity contribution >= 4 is 51.6 Å². The molecule has 0 saturated carbocycles. The summed E-state index contributed by atoms with van der Waals surface area (Å²) in [4.78, 5) is 9.26. The second-order valence-electron chi connectivity index (χ2n) is 4.59. The maximum atomic E-state index is 6.07. The zero-order chi connectivity index (χ0) is 15.4. The van der Waals surface area contributed by atoms with Gasteiger partial charge in [0.05, 0.1) is 9.26 Å². The highest BCUT2D eigenvalue weighted by molar-refractivity contribution is 14.1. The number of hydrogen-bond acceptors (Lipinski definition) is 3. The molecule has 0 amide bonds. The molecule has 1 aromatic heterocycles. The van der Waals surface area contributed by atoms with Crippen LogP contribution in [-0.4, -0.2) is 16.5 Å². The number of halogens is 3. The van der Waals surface area contributed by atoms with Gasteiger partial charge >= 0.3 is 0 Å². The van der Waals surface area contributed by atoms with Crippen LogP contribution in [0.5, 0.6) is 0 Å². The topological polar surface area (TPSA) is 37.8 Å². The summed E-state index contributed by atoms with van der Waals surface area (Å²) in [5, 5.41) is 4.52. The first-order valence-electron chi connectivity index (χ1n) is 6.81. The lowest BCUT2D eigenvalue weighted by Gasteiger charge is -2.12. The van der Waals surface area contributed by atoms with Crippen LogP contribution in [0.4, 0.5) is 5.82 Å². The van der Waals surface area contributed by atoms with Gasteiger partial charge in [-0.05, 0) is 53.6 Å². The molecule has 0 saturated heterocycles. The van der Waals surface area contributed by atoms with Crippen molar-refractivity contribution in [3.05, 3.63) is 37.5 Å². The molecule has 0 aliphatic heterocycles. The summed E-state index contributed by atoms with van der Waals surface area (Å²) in [5.74, 6) is 1.52. The lowest BCUT2D eigenvalue weighted by atomic mass is 10.2. The first-order chi connectivity index (χ1) is 10.0. The SMILES string of the molecule is CCCNc1nc(-c2cc(Cl)cc(Cl)c2)nc(CC)c1I. The van der Waals surface area contributed by atoms with Crippen molar-refractivity contribution in [2.75, 3.05) is 11.9 Å². The minimum absolute atomic E-state index is 0.584. The molecule has 112 valence electrons. The van der Waals surface area contributed by atoms with E-state index in [2.05, 4.69) is 51.7 Å². The van der Waals surface area contributed by atoms with Crippen molar-refractivity contribution in [2.24, 2.45) is 0 Å². The van der Waals surface area contributed by atoms with Gasteiger partial charge in [0.2, 0.25) is 0 Å². The van der Waals surface area contributed by atoms with Gasteiger partial charge in [0.25, 0.3) is 0 Å². The molecule has 0 fully saturated rings. The molecule has 2 aromatic rings. The summed E-state index contributed by atoms with van der Waals surface area (Å²) < 4.78 is 1.07. The molecule has 2 rings (SSSR count). The van der Waals surface area contributed by atoms with Crippen LogP contribution in [0.15, 0.2) is 18.2 Å². The van der Waals surface area contributed by atoms with E-state index in [1.807, 2.05) is 12.1 Å². The quantitative estimate of drug-likeness (QED) is 0.635. The maximum Gasteiger partial charge on any atom is 0.161 e. The molecule has 0 atom stereocenters. The Morgan fingerprint density at radius 1 is 1.10 bits per heavy atom. The third-order valence-corrected chi connectivity index (χ3v) is 4.49. The highest BCUT2D eigenvalue weighted by Gasteiger charge is 2.13. The van der Waals surface area contributed by atoms with Gasteiger partial charge in [-0.2, -0.15) is 0 Å². The van der Waals surface area contributed by atoms with Crippen LogP contribution in [0.1, 0.15) is 26.0 Å². The lowest BCUT2D eigenvalue weighted by Crippen LogP contribution is -2.08. The standard InChI is InChI=1S/C15H16Cl2IN3/c1-3-5-19-15-13(18)12(4-2)20-14(21-15)9-6-10(16)8-11(17)7-9/h6-8H,3-5H2,1-2H3,(H,19,20,21). The highest BCUT2D eigenvalue weighted by Crippen LogP contribution is 2.28. The van der Waals surface area contributed by atoms with Crippen LogP contribution in [0.3, 0.4) is 0 Å². The average molecular weight is 436 g/mol. The first kappa shape index (κ1) is 16.8. The summed E-state index contributed by atoms with van der Waals surface area (Å²) in [6.07, 6.45) is 1.89. The van der Waals surface area contributed by atoms with E-state index in [9.17, 15) is 0 Å². The van der Waals surface area contributed by atoms with Crippen LogP contribution in [0.2, 0.25) is 10.0 Å². The Morgan fingerprint density at radius 2 is 1.76 bits per heavy atom. The Kier molecular flexibility index (Phi) is 6.08. The zero-order valence-corrected chi connectivity index (χ0v) is 15.6. The molecular formula is C15H16Cl2IN3. The number of anilines is 1. The molecule has 1 aromatic carbocycles. The predicted molar refractivity (Wildman–Crippen MR) is 98.4 cm³/mol. The minimum Gasteiger partial charge on any atom is -0.369 e. The van der Waals surface area contributed by atoms with E-state index < -0.39 is 0 Å². The molecular weight excluding hydrogens is 420 g/mol. The van der Waals surface area contributed by atoms with E-state index in [0.29, 0.717) is 15.9 Å². The van der Waals surface area contributed by atoms with Crippen LogP contribution >= 0.6 is 45.8 Å². The van der Waals surface area contributed by atoms with Gasteiger partial charge in [-0.25, -0.2) is 9.97 Å². The third kappa shape index (κ3) is 4.20. The van der Waals surface area contributed by atoms with E-state index in [0.717, 1.165) is 40.0 Å². The molecule has 1 N–H and O–H groups in total. The molecule has 3 nitrogen and oxygen atoms in total. The predicted octanol–water partition coefficient (Wildman–Crippen LogP) is 5.44. The first-order valence-corrected chi connectivity index (χ1v) is 8.65. The Hall–Kier alpha value is -0.590. The number of aromatic nitrogens is 2. The van der Waals surface area contributed by atoms with Crippen molar-refractivity contribution in [1.82, 2.24) is 9.97 Å². The number of benzene rings is 1. The fraction of sp³-hybridized carbons (Fsp3) is 0.333. The van der Waals surface area contributed by atoms with Gasteiger partial charge in [-0.15, -0.1) is 0 Å². The van der Waals surface area contributed by atoms with Gasteiger partial charge in [-0.3, -0.25) is 0 Å². The van der Waals surface area contributed by atoms with Crippen LogP contribution in [0.25, 0.3) is 11.4 Å². The molecule has 0 aliphatic rings. The maximum absolute atomic E-state index is 6.07. The lowest BCUT2D eigenvalue weighted by molar-refractivity contribution is 0.943. The van der Waals surface area contributed by atoms with Crippen LogP contribution in [0, 0.1) is 3.57 Å². The smallest absolute Gasteiger partial charge is 0.161 e. The number of nitrogens with one attached hydrogen (secondary N) is 1. The molecule has 0 aliphatic carbocycles. The zero-order valence-electron chi connectivity index (χ0n) is 11.9. The van der Waals surface area contributed by atoms with E-state index in [-0.39, 0.29) is 0 Å². The number of rotatable bonds is 5. The fourth-order valence-corrected chi connectivity index (χ4v) is 3.24. The monoisotopic (exact) mass is 435 g/mol. The second kappa shape index (κ2) is 7.61. The molecule has 0 radical (unpaired) electrons. The number of nitrogens with zero attached hydrogens (tertiary/aromatic N) is 2. The van der Waals surface area contributed by atoms with Crippen molar-refractivity contribution < 1.29 is 0 Å². The number of hydrogen-bond donors (Lipinski definition) is 1. The van der Waals surface area contributed by atoms with Crippen LogP contribution in [-0.2, 0) is 6.42 Å². The van der Waals surface area contributed by atoms with E-state index in [4.69, 9.17) is 23.2 Å². The van der Waals surface area contributed by atoms with Gasteiger partial charge in [0, 0.05) is 22.2 Å². The van der Waals surface area contributed by atoms with Gasteiger partial charge in [0.1, 0.15) is 5.82 Å². The Labute approximate surface area is 148 Å². The third-order valence-electron chi connectivity index (χ3n) is 2.92. The second-order valence-corrected chi connectivity index (χ2v) is 6.55. The van der Waals surface area contributed by atoms with Gasteiger partial charge in [0.15, 0.2) is 5.82 Å². The summed E-state index contributed by atoms with van der Waals surface area (Å²) in [6, 6.07) is 5.37. The summed E-state index contributed by atoms with van der Waals surface area (Å²) >= 11 is 14.4. The minimum atomic E-state index is 0.584. The summed E-state index contributed by atoms with van der Waals surface area (Å²) in [6.45, 7) is 5.09. The van der Waals surface area contributed by atoms with E-state index in [1.165, 1.54) is 0 Å². The number of aryl methyl sites for hydroxylation is 1.